The first kappa shape index (κ1) is 24.0. The zero-order chi connectivity index (χ0) is 23.3. The molecule has 1 aromatic rings. The van der Waals surface area contributed by atoms with E-state index in [0.29, 0.717) is 51.2 Å². The molecule has 32 heavy (non-hydrogen) atoms. The molecule has 2 aliphatic rings. The van der Waals surface area contributed by atoms with Crippen LogP contribution in [-0.4, -0.2) is 60.5 Å². The molecule has 0 aromatic heterocycles. The van der Waals surface area contributed by atoms with E-state index < -0.39 is 0 Å². The number of halogens is 1. The van der Waals surface area contributed by atoms with E-state index in [9.17, 15) is 18.8 Å². The summed E-state index contributed by atoms with van der Waals surface area (Å²) in [6.07, 6.45) is 2.74. The Labute approximate surface area is 189 Å². The normalized spacial score (nSPS) is 23.6. The second-order valence-electron chi connectivity index (χ2n) is 8.66. The third-order valence-corrected chi connectivity index (χ3v) is 6.44. The van der Waals surface area contributed by atoms with E-state index in [-0.39, 0.29) is 41.6 Å². The number of amides is 3. The lowest BCUT2D eigenvalue weighted by atomic mass is 9.87. The fraction of sp³-hybridized carbons (Fsp3) is 0.625. The van der Waals surface area contributed by atoms with Gasteiger partial charge >= 0.3 is 12.0 Å². The lowest BCUT2D eigenvalue weighted by Gasteiger charge is -2.42. The maximum absolute atomic E-state index is 13.8. The molecule has 3 atom stereocenters. The Balaban J connectivity index is 1.74. The van der Waals surface area contributed by atoms with Gasteiger partial charge in [0.1, 0.15) is 5.82 Å². The maximum Gasteiger partial charge on any atom is 0.317 e. The molecule has 7 nitrogen and oxygen atoms in total. The van der Waals surface area contributed by atoms with Crippen LogP contribution in [0.2, 0.25) is 0 Å². The Kier molecular flexibility index (Phi) is 8.10. The van der Waals surface area contributed by atoms with Crippen LogP contribution in [0.1, 0.15) is 56.7 Å². The molecule has 8 heteroatoms. The van der Waals surface area contributed by atoms with E-state index in [1.807, 2.05) is 6.92 Å². The highest BCUT2D eigenvalue weighted by Crippen LogP contribution is 2.35. The highest BCUT2D eigenvalue weighted by molar-refractivity contribution is 5.82. The van der Waals surface area contributed by atoms with Crippen LogP contribution in [0.4, 0.5) is 9.18 Å². The van der Waals surface area contributed by atoms with Crippen molar-refractivity contribution in [3.05, 3.63) is 35.1 Å². The number of piperidine rings is 2. The minimum Gasteiger partial charge on any atom is -0.466 e. The molecule has 3 rings (SSSR count). The predicted molar refractivity (Wildman–Crippen MR) is 118 cm³/mol. The summed E-state index contributed by atoms with van der Waals surface area (Å²) in [6.45, 7) is 7.44. The van der Waals surface area contributed by atoms with Crippen LogP contribution in [0.5, 0.6) is 0 Å². The van der Waals surface area contributed by atoms with Gasteiger partial charge in [0.15, 0.2) is 0 Å². The highest BCUT2D eigenvalue weighted by atomic mass is 19.1. The SMILES string of the molecule is CCNC(=O)N1C[C@H](C(=O)N2CCC[C@H](C(=O)OCC)C2)CC[C@@H]1c1ccc(F)c(C)c1. The molecule has 2 saturated heterocycles. The second-order valence-corrected chi connectivity index (χ2v) is 8.66. The van der Waals surface area contributed by atoms with E-state index in [1.54, 1.807) is 35.8 Å². The molecule has 1 N–H and O–H groups in total. The number of ether oxygens (including phenoxy) is 1. The van der Waals surface area contributed by atoms with Gasteiger partial charge in [-0.3, -0.25) is 9.59 Å². The van der Waals surface area contributed by atoms with Crippen LogP contribution in [0.15, 0.2) is 18.2 Å². The Bertz CT molecular complexity index is 847. The topological polar surface area (TPSA) is 79.0 Å². The van der Waals surface area contributed by atoms with Gasteiger partial charge in [0, 0.05) is 26.2 Å². The average molecular weight is 448 g/mol. The number of rotatable bonds is 5. The number of benzene rings is 1. The number of carbonyl (C=O) groups is 3. The van der Waals surface area contributed by atoms with Crippen molar-refractivity contribution in [1.82, 2.24) is 15.1 Å². The number of esters is 1. The number of nitrogens with zero attached hydrogens (tertiary/aromatic N) is 2. The molecule has 1 aromatic carbocycles. The van der Waals surface area contributed by atoms with E-state index in [2.05, 4.69) is 5.32 Å². The molecule has 2 fully saturated rings. The molecule has 176 valence electrons. The largest absolute Gasteiger partial charge is 0.466 e. The minimum atomic E-state index is -0.323. The molecule has 2 aliphatic heterocycles. The van der Waals surface area contributed by atoms with Gasteiger partial charge in [-0.15, -0.1) is 0 Å². The van der Waals surface area contributed by atoms with Crippen LogP contribution in [0.25, 0.3) is 0 Å². The molecule has 0 bridgehead atoms. The summed E-state index contributed by atoms with van der Waals surface area (Å²) in [4.78, 5) is 41.8. The van der Waals surface area contributed by atoms with Crippen LogP contribution in [-0.2, 0) is 14.3 Å². The zero-order valence-electron chi connectivity index (χ0n) is 19.2. The van der Waals surface area contributed by atoms with Crippen molar-refractivity contribution in [3.63, 3.8) is 0 Å². The summed E-state index contributed by atoms with van der Waals surface area (Å²) >= 11 is 0. The van der Waals surface area contributed by atoms with E-state index in [1.165, 1.54) is 6.07 Å². The van der Waals surface area contributed by atoms with Gasteiger partial charge in [0.25, 0.3) is 0 Å². The standard InChI is InChI=1S/C24H34FN3O4/c1-4-26-24(31)28-15-18(9-11-21(28)17-8-10-20(25)16(3)13-17)22(29)27-12-6-7-19(14-27)23(30)32-5-2/h8,10,13,18-19,21H,4-7,9,11-12,14-15H2,1-3H3,(H,26,31)/t18-,19+,21-/m1/s1. The van der Waals surface area contributed by atoms with Gasteiger partial charge in [0.05, 0.1) is 24.5 Å². The van der Waals surface area contributed by atoms with Gasteiger partial charge in [-0.25, -0.2) is 9.18 Å². The minimum absolute atomic E-state index is 0.0120. The Morgan fingerprint density at radius 1 is 1.12 bits per heavy atom. The number of hydrogen-bond donors (Lipinski definition) is 1. The maximum atomic E-state index is 13.8. The van der Waals surface area contributed by atoms with E-state index in [4.69, 9.17) is 4.74 Å². The predicted octanol–water partition coefficient (Wildman–Crippen LogP) is 3.42. The summed E-state index contributed by atoms with van der Waals surface area (Å²) < 4.78 is 18.9. The summed E-state index contributed by atoms with van der Waals surface area (Å²) in [5.41, 5.74) is 1.41. The molecule has 0 aliphatic carbocycles. The van der Waals surface area contributed by atoms with Crippen LogP contribution in [0.3, 0.4) is 0 Å². The van der Waals surface area contributed by atoms with Gasteiger partial charge in [-0.1, -0.05) is 12.1 Å². The number of carbonyl (C=O) groups excluding carboxylic acids is 3. The van der Waals surface area contributed by atoms with Crippen molar-refractivity contribution in [2.45, 2.75) is 52.5 Å². The molecule has 0 spiro atoms. The van der Waals surface area contributed by atoms with Crippen LogP contribution in [0, 0.1) is 24.6 Å². The Hall–Kier alpha value is -2.64. The van der Waals surface area contributed by atoms with Crippen molar-refractivity contribution < 1.29 is 23.5 Å². The Morgan fingerprint density at radius 3 is 2.59 bits per heavy atom. The van der Waals surface area contributed by atoms with Crippen LogP contribution >= 0.6 is 0 Å². The summed E-state index contributed by atoms with van der Waals surface area (Å²) in [7, 11) is 0. The third-order valence-electron chi connectivity index (χ3n) is 6.44. The van der Waals surface area contributed by atoms with Gasteiger partial charge in [-0.2, -0.15) is 0 Å². The van der Waals surface area contributed by atoms with Crippen molar-refractivity contribution in [2.24, 2.45) is 11.8 Å². The summed E-state index contributed by atoms with van der Waals surface area (Å²) in [5, 5.41) is 2.84. The monoisotopic (exact) mass is 447 g/mol. The smallest absolute Gasteiger partial charge is 0.317 e. The van der Waals surface area contributed by atoms with Crippen molar-refractivity contribution in [1.29, 1.82) is 0 Å². The third kappa shape index (κ3) is 5.40. The summed E-state index contributed by atoms with van der Waals surface area (Å²) in [6, 6.07) is 4.50. The van der Waals surface area contributed by atoms with Gasteiger partial charge < -0.3 is 19.9 Å². The molecular formula is C24H34FN3O4. The fourth-order valence-corrected chi connectivity index (χ4v) is 4.76. The lowest BCUT2D eigenvalue weighted by Crippen LogP contribution is -2.52. The molecule has 0 unspecified atom stereocenters. The number of hydrogen-bond acceptors (Lipinski definition) is 4. The number of aryl methyl sites for hydroxylation is 1. The van der Waals surface area contributed by atoms with Gasteiger partial charge in [-0.05, 0) is 63.6 Å². The number of urea groups is 1. The molecule has 3 amide bonds. The molecule has 0 saturated carbocycles. The first-order valence-electron chi connectivity index (χ1n) is 11.6. The number of likely N-dealkylation sites (tertiary alicyclic amines) is 2. The molecular weight excluding hydrogens is 413 g/mol. The Morgan fingerprint density at radius 2 is 1.91 bits per heavy atom. The highest BCUT2D eigenvalue weighted by Gasteiger charge is 2.39. The van der Waals surface area contributed by atoms with Gasteiger partial charge in [0.2, 0.25) is 5.91 Å². The fourth-order valence-electron chi connectivity index (χ4n) is 4.76. The van der Waals surface area contributed by atoms with Crippen molar-refractivity contribution >= 4 is 17.9 Å². The van der Waals surface area contributed by atoms with E-state index >= 15 is 0 Å². The van der Waals surface area contributed by atoms with Crippen molar-refractivity contribution in [3.8, 4) is 0 Å². The number of nitrogens with one attached hydrogen (secondary N) is 1. The second kappa shape index (κ2) is 10.8. The first-order chi connectivity index (χ1) is 15.3. The molecule has 0 radical (unpaired) electrons. The molecule has 2 heterocycles. The first-order valence-corrected chi connectivity index (χ1v) is 11.6. The average Bonchev–Trinajstić information content (AvgIpc) is 2.80. The van der Waals surface area contributed by atoms with Crippen LogP contribution < -0.4 is 5.32 Å². The zero-order valence-corrected chi connectivity index (χ0v) is 19.2. The van der Waals surface area contributed by atoms with E-state index in [0.717, 1.165) is 18.4 Å². The summed E-state index contributed by atoms with van der Waals surface area (Å²) in [5.74, 6) is -1.14. The van der Waals surface area contributed by atoms with Crippen molar-refractivity contribution in [2.75, 3.05) is 32.8 Å². The quantitative estimate of drug-likeness (QED) is 0.702. The lowest BCUT2D eigenvalue weighted by molar-refractivity contribution is -0.152.